The molecule has 0 spiro atoms. The topological polar surface area (TPSA) is 106 Å². The van der Waals surface area contributed by atoms with Gasteiger partial charge in [0, 0.05) is 6.20 Å². The molecule has 0 radical (unpaired) electrons. The molecule has 4 atom stereocenters. The van der Waals surface area contributed by atoms with Crippen LogP contribution in [0.15, 0.2) is 17.4 Å². The number of ether oxygens (including phenoxy) is 1. The van der Waals surface area contributed by atoms with Gasteiger partial charge in [0.05, 0.1) is 11.8 Å². The lowest BCUT2D eigenvalue weighted by Gasteiger charge is -2.19. The summed E-state index contributed by atoms with van der Waals surface area (Å²) in [6, 6.07) is 1.69. The number of aliphatic hydroxyl groups is 2. The molecule has 4 N–H and O–H groups in total. The minimum absolute atomic E-state index is 0.436. The lowest BCUT2D eigenvalue weighted by atomic mass is 10.1. The molecule has 3 heterocycles. The summed E-state index contributed by atoms with van der Waals surface area (Å²) in [6.07, 6.45) is 6.05. The normalized spacial score (nSPS) is 27.2. The zero-order valence-electron chi connectivity index (χ0n) is 14.7. The van der Waals surface area contributed by atoms with Gasteiger partial charge in [0.25, 0.3) is 0 Å². The van der Waals surface area contributed by atoms with Crippen LogP contribution in [0.4, 0.5) is 5.69 Å². The van der Waals surface area contributed by atoms with E-state index >= 15 is 0 Å². The van der Waals surface area contributed by atoms with Crippen LogP contribution in [0.2, 0.25) is 0 Å². The first-order valence-electron chi connectivity index (χ1n) is 8.08. The van der Waals surface area contributed by atoms with E-state index in [-0.39, 0.29) is 0 Å². The lowest BCUT2D eigenvalue weighted by Crippen LogP contribution is -2.32. The van der Waals surface area contributed by atoms with E-state index in [1.807, 2.05) is 6.26 Å². The third kappa shape index (κ3) is 3.59. The highest BCUT2D eigenvalue weighted by Gasteiger charge is 2.45. The Labute approximate surface area is 151 Å². The molecule has 0 aliphatic carbocycles. The number of nitrogens with zero attached hydrogens (tertiary/aromatic N) is 3. The lowest BCUT2D eigenvalue weighted by molar-refractivity contribution is -0.0400. The SMILES string of the molecule is C=P(C)(C)CC[C@H]1O[C@@H](n2c(SC)nc3c(N)ccnc32)[C@H](O)[C@@H]1O. The van der Waals surface area contributed by atoms with Crippen molar-refractivity contribution in [2.24, 2.45) is 0 Å². The third-order valence-corrected chi connectivity index (χ3v) is 6.49. The Morgan fingerprint density at radius 1 is 1.40 bits per heavy atom. The fourth-order valence-corrected chi connectivity index (χ4v) is 4.54. The quantitative estimate of drug-likeness (QED) is 0.529. The Morgan fingerprint density at radius 3 is 2.76 bits per heavy atom. The number of aromatic nitrogens is 3. The maximum atomic E-state index is 10.6. The minimum Gasteiger partial charge on any atom is -0.397 e. The molecular formula is C16H25N4O3PS. The van der Waals surface area contributed by atoms with Crippen LogP contribution < -0.4 is 5.73 Å². The van der Waals surface area contributed by atoms with Crippen LogP contribution in [0, 0.1) is 0 Å². The second kappa shape index (κ2) is 6.93. The Hall–Kier alpha value is -1.05. The van der Waals surface area contributed by atoms with Gasteiger partial charge >= 0.3 is 0 Å². The monoisotopic (exact) mass is 384 g/mol. The average molecular weight is 384 g/mol. The molecule has 0 aromatic carbocycles. The first kappa shape index (κ1) is 18.7. The largest absolute Gasteiger partial charge is 0.397 e. The predicted molar refractivity (Wildman–Crippen MR) is 105 cm³/mol. The summed E-state index contributed by atoms with van der Waals surface area (Å²) in [4.78, 5) is 8.86. The van der Waals surface area contributed by atoms with Crippen LogP contribution >= 0.6 is 18.6 Å². The molecule has 3 rings (SSSR count). The van der Waals surface area contributed by atoms with Crippen LogP contribution in [0.1, 0.15) is 12.6 Å². The van der Waals surface area contributed by atoms with Crippen LogP contribution in [0.5, 0.6) is 0 Å². The number of pyridine rings is 1. The highest BCUT2D eigenvalue weighted by Crippen LogP contribution is 2.41. The van der Waals surface area contributed by atoms with Crippen LogP contribution in [-0.4, -0.2) is 75.1 Å². The van der Waals surface area contributed by atoms with E-state index < -0.39 is 31.4 Å². The molecule has 1 aliphatic rings. The second-order valence-corrected chi connectivity index (χ2v) is 12.1. The fourth-order valence-electron chi connectivity index (χ4n) is 3.02. The number of hydrogen-bond acceptors (Lipinski definition) is 7. The summed E-state index contributed by atoms with van der Waals surface area (Å²) in [7, 11) is 0. The summed E-state index contributed by atoms with van der Waals surface area (Å²) in [5, 5.41) is 21.7. The Bertz CT molecular complexity index is 821. The van der Waals surface area contributed by atoms with Gasteiger partial charge < -0.3 is 20.7 Å². The van der Waals surface area contributed by atoms with Crippen molar-refractivity contribution in [2.75, 3.05) is 31.5 Å². The van der Waals surface area contributed by atoms with Crippen molar-refractivity contribution in [3.8, 4) is 0 Å². The number of nitrogens with two attached hydrogens (primary N) is 1. The van der Waals surface area contributed by atoms with Gasteiger partial charge in [0.1, 0.15) is 17.7 Å². The van der Waals surface area contributed by atoms with Gasteiger partial charge in [-0.25, -0.2) is 9.97 Å². The number of fused-ring (bicyclic) bond motifs is 1. The summed E-state index contributed by atoms with van der Waals surface area (Å²) >= 11 is 1.42. The van der Waals surface area contributed by atoms with Crippen molar-refractivity contribution < 1.29 is 14.9 Å². The molecular weight excluding hydrogens is 359 g/mol. The third-order valence-electron chi connectivity index (χ3n) is 4.37. The summed E-state index contributed by atoms with van der Waals surface area (Å²) in [5.41, 5.74) is 7.64. The number of imidazole rings is 1. The van der Waals surface area contributed by atoms with Gasteiger partial charge in [-0.05, 0) is 38.2 Å². The fraction of sp³-hybridized carbons (Fsp3) is 0.562. The number of rotatable bonds is 5. The molecule has 7 nitrogen and oxygen atoms in total. The van der Waals surface area contributed by atoms with E-state index in [2.05, 4.69) is 29.6 Å². The zero-order valence-corrected chi connectivity index (χ0v) is 16.4. The molecule has 1 fully saturated rings. The predicted octanol–water partition coefficient (Wildman–Crippen LogP) is 1.45. The molecule has 9 heteroatoms. The number of anilines is 1. The summed E-state index contributed by atoms with van der Waals surface area (Å²) in [6.45, 7) is 3.06. The van der Waals surface area contributed by atoms with Crippen LogP contribution in [0.3, 0.4) is 0 Å². The Morgan fingerprint density at radius 2 is 2.12 bits per heavy atom. The number of hydrogen-bond donors (Lipinski definition) is 3. The number of nitrogen functional groups attached to an aromatic ring is 1. The standard InChI is InChI=1S/C16H25N4O3PS/c1-24(2,3)8-6-10-12(21)13(22)15(23-10)20-14-11(19-16(20)25-4)9(17)5-7-18-14/h5,7,10,12-13,15,21-22H,1,6,8H2,2-4H3,(H2,17,18)/t10-,12-,13-,15-/m1/s1. The van der Waals surface area contributed by atoms with E-state index in [0.29, 0.717) is 28.4 Å². The summed E-state index contributed by atoms with van der Waals surface area (Å²) in [5.74, 6) is 0. The molecule has 0 bridgehead atoms. The van der Waals surface area contributed by atoms with Crippen molar-refractivity contribution in [2.45, 2.75) is 36.1 Å². The highest BCUT2D eigenvalue weighted by molar-refractivity contribution is 7.98. The maximum Gasteiger partial charge on any atom is 0.172 e. The van der Waals surface area contributed by atoms with E-state index in [4.69, 9.17) is 10.5 Å². The molecule has 25 heavy (non-hydrogen) atoms. The molecule has 2 aromatic heterocycles. The minimum atomic E-state index is -1.23. The van der Waals surface area contributed by atoms with Gasteiger partial charge in [-0.3, -0.25) is 4.57 Å². The summed E-state index contributed by atoms with van der Waals surface area (Å²) < 4.78 is 7.77. The number of aliphatic hydroxyl groups excluding tert-OH is 2. The van der Waals surface area contributed by atoms with Crippen molar-refractivity contribution in [3.63, 3.8) is 0 Å². The van der Waals surface area contributed by atoms with E-state index in [1.54, 1.807) is 16.8 Å². The van der Waals surface area contributed by atoms with E-state index in [1.165, 1.54) is 11.8 Å². The second-order valence-electron chi connectivity index (χ2n) is 7.04. The van der Waals surface area contributed by atoms with Crippen LogP contribution in [0.25, 0.3) is 11.2 Å². The Balaban J connectivity index is 1.95. The Kier molecular flexibility index (Phi) is 5.19. The van der Waals surface area contributed by atoms with Crippen molar-refractivity contribution >= 4 is 41.8 Å². The van der Waals surface area contributed by atoms with E-state index in [0.717, 1.165) is 6.16 Å². The molecule has 0 amide bonds. The molecule has 2 aromatic rings. The van der Waals surface area contributed by atoms with Crippen molar-refractivity contribution in [3.05, 3.63) is 12.3 Å². The molecule has 0 saturated carbocycles. The highest BCUT2D eigenvalue weighted by atomic mass is 32.2. The first-order chi connectivity index (χ1) is 11.7. The smallest absolute Gasteiger partial charge is 0.172 e. The molecule has 1 saturated heterocycles. The van der Waals surface area contributed by atoms with Crippen LogP contribution in [-0.2, 0) is 4.74 Å². The first-order valence-corrected chi connectivity index (χ1v) is 12.4. The van der Waals surface area contributed by atoms with Crippen molar-refractivity contribution in [1.82, 2.24) is 14.5 Å². The van der Waals surface area contributed by atoms with Gasteiger partial charge in [-0.1, -0.05) is 11.8 Å². The molecule has 138 valence electrons. The van der Waals surface area contributed by atoms with E-state index in [9.17, 15) is 10.2 Å². The maximum absolute atomic E-state index is 10.6. The molecule has 1 aliphatic heterocycles. The number of thioether (sulfide) groups is 1. The van der Waals surface area contributed by atoms with Gasteiger partial charge in [-0.2, -0.15) is 0 Å². The van der Waals surface area contributed by atoms with Gasteiger partial charge in [0.2, 0.25) is 0 Å². The molecule has 0 unspecified atom stereocenters. The van der Waals surface area contributed by atoms with Gasteiger partial charge in [0.15, 0.2) is 17.0 Å². The van der Waals surface area contributed by atoms with Crippen molar-refractivity contribution in [1.29, 1.82) is 0 Å². The average Bonchev–Trinajstić information content (AvgIpc) is 3.05. The zero-order chi connectivity index (χ0) is 18.4. The van der Waals surface area contributed by atoms with Gasteiger partial charge in [-0.15, -0.1) is 13.2 Å².